The van der Waals surface area contributed by atoms with Gasteiger partial charge >= 0.3 is 148 Å². The van der Waals surface area contributed by atoms with Crippen molar-refractivity contribution >= 4 is 17.8 Å². The van der Waals surface area contributed by atoms with Crippen LogP contribution in [0.25, 0.3) is 0 Å². The molecule has 0 saturated heterocycles. The van der Waals surface area contributed by atoms with Crippen LogP contribution in [-0.4, -0.2) is 49.0 Å². The van der Waals surface area contributed by atoms with E-state index in [0.717, 1.165) is 0 Å². The zero-order valence-corrected chi connectivity index (χ0v) is 18.9. The third-order valence-corrected chi connectivity index (χ3v) is 8.95. The molecule has 23 heavy (non-hydrogen) atoms. The third kappa shape index (κ3) is 7.56. The average Bonchev–Trinajstić information content (AvgIpc) is 2.52. The number of primary amides is 1. The summed E-state index contributed by atoms with van der Waals surface area (Å²) in [6.45, 7) is 1.42. The van der Waals surface area contributed by atoms with Crippen molar-refractivity contribution in [1.82, 2.24) is 4.90 Å². The normalized spacial score (nSPS) is 11.2. The quantitative estimate of drug-likeness (QED) is 0.493. The second kappa shape index (κ2) is 10.3. The Morgan fingerprint density at radius 3 is 2.43 bits per heavy atom. The Hall–Kier alpha value is -1.47. The van der Waals surface area contributed by atoms with E-state index >= 15 is 0 Å². The van der Waals surface area contributed by atoms with E-state index in [1.807, 2.05) is 0 Å². The summed E-state index contributed by atoms with van der Waals surface area (Å²) in [5.74, 6) is -1.15. The maximum atomic E-state index is 12.5. The number of ether oxygens (including phenoxy) is 1. The van der Waals surface area contributed by atoms with E-state index in [0.29, 0.717) is 9.49 Å². The molecule has 0 spiro atoms. The summed E-state index contributed by atoms with van der Waals surface area (Å²) in [4.78, 5) is 36.0. The summed E-state index contributed by atoms with van der Waals surface area (Å²) in [5, 5.41) is 0. The van der Waals surface area contributed by atoms with Gasteiger partial charge in [0.1, 0.15) is 0 Å². The Balaban J connectivity index is 2.74. The first-order valence-electron chi connectivity index (χ1n) is 7.22. The number of carbonyl (C=O) groups is 3. The fourth-order valence-electron chi connectivity index (χ4n) is 2.03. The fraction of sp³-hybridized carbons (Fsp3) is 0.400. The molecule has 1 rings (SSSR count). The Morgan fingerprint density at radius 1 is 1.26 bits per heavy atom. The van der Waals surface area contributed by atoms with Crippen LogP contribution in [0.5, 0.6) is 0 Å². The Kier molecular flexibility index (Phi) is 8.79. The second-order valence-corrected chi connectivity index (χ2v) is 9.96. The number of amides is 2. The van der Waals surface area contributed by atoms with E-state index in [4.69, 9.17) is 13.1 Å². The van der Waals surface area contributed by atoms with Crippen LogP contribution in [0.1, 0.15) is 17.3 Å². The summed E-state index contributed by atoms with van der Waals surface area (Å²) < 4.78 is 11.1. The molecule has 0 aliphatic heterocycles. The molecule has 8 heteroatoms. The molecule has 2 amide bonds. The molecule has 0 aromatic heterocycles. The van der Waals surface area contributed by atoms with Crippen molar-refractivity contribution in [3.63, 3.8) is 0 Å². The summed E-state index contributed by atoms with van der Waals surface area (Å²) in [6, 6.07) is 8.66. The summed E-state index contributed by atoms with van der Waals surface area (Å²) in [5.41, 5.74) is 5.72. The van der Waals surface area contributed by atoms with Crippen LogP contribution in [0, 0.1) is 0 Å². The van der Waals surface area contributed by atoms with Gasteiger partial charge in [-0.05, 0) is 0 Å². The summed E-state index contributed by atoms with van der Waals surface area (Å²) in [6.07, 6.45) is -0.275. The average molecular weight is 509 g/mol. The van der Waals surface area contributed by atoms with Crippen LogP contribution in [-0.2, 0) is 42.0 Å². The van der Waals surface area contributed by atoms with Gasteiger partial charge in [-0.2, -0.15) is 0 Å². The molecule has 1 atom stereocenters. The van der Waals surface area contributed by atoms with Gasteiger partial charge in [0, 0.05) is 0 Å². The molecule has 0 aliphatic rings. The van der Waals surface area contributed by atoms with Gasteiger partial charge in [-0.15, -0.1) is 0 Å². The number of nitrogens with two attached hydrogens (primary N) is 1. The monoisotopic (exact) mass is 510 g/mol. The molecule has 7 nitrogen and oxygen atoms in total. The van der Waals surface area contributed by atoms with Crippen molar-refractivity contribution < 1.29 is 46.8 Å². The van der Waals surface area contributed by atoms with Crippen molar-refractivity contribution in [1.29, 1.82) is 0 Å². The van der Waals surface area contributed by atoms with Gasteiger partial charge in [-0.1, -0.05) is 0 Å². The summed E-state index contributed by atoms with van der Waals surface area (Å²) in [7, 11) is 1.53. The number of rotatable bonds is 9. The van der Waals surface area contributed by atoms with Gasteiger partial charge in [0.2, 0.25) is 0 Å². The predicted octanol–water partition coefficient (Wildman–Crippen LogP) is 0.608. The zero-order chi connectivity index (χ0) is 17.2. The van der Waals surface area contributed by atoms with Gasteiger partial charge in [0.15, 0.2) is 0 Å². The molecule has 2 N–H and O–H groups in total. The number of methoxy groups -OCH3 is 1. The number of carbonyl (C=O) groups excluding carboxylic acids is 3. The van der Waals surface area contributed by atoms with Crippen molar-refractivity contribution in [2.75, 3.05) is 20.2 Å². The topological polar surface area (TPSA) is 98.9 Å². The van der Waals surface area contributed by atoms with Crippen LogP contribution < -0.4 is 5.73 Å². The molecule has 0 heterocycles. The minimum atomic E-state index is -1.84. The van der Waals surface area contributed by atoms with E-state index in [-0.39, 0.29) is 31.1 Å². The zero-order valence-electron chi connectivity index (χ0n) is 13.4. The number of hydrogen-bond donors (Lipinski definition) is 1. The van der Waals surface area contributed by atoms with Crippen molar-refractivity contribution in [3.8, 4) is 0 Å². The van der Waals surface area contributed by atoms with Crippen LogP contribution in [0.15, 0.2) is 30.3 Å². The Morgan fingerprint density at radius 2 is 1.91 bits per heavy atom. The fourth-order valence-corrected chi connectivity index (χ4v) is 6.26. The van der Waals surface area contributed by atoms with Crippen molar-refractivity contribution in [2.45, 2.75) is 17.0 Å². The minimum absolute atomic E-state index is 0.182. The van der Waals surface area contributed by atoms with Gasteiger partial charge in [0.05, 0.1) is 0 Å². The Bertz CT molecular complexity index is 538. The molecule has 0 saturated carbocycles. The maximum absolute atomic E-state index is 12.5. The third-order valence-electron chi connectivity index (χ3n) is 3.16. The van der Waals surface area contributed by atoms with E-state index in [1.165, 1.54) is 18.9 Å². The van der Waals surface area contributed by atoms with Gasteiger partial charge in [-0.25, -0.2) is 0 Å². The summed E-state index contributed by atoms with van der Waals surface area (Å²) >= 11 is -1.84. The van der Waals surface area contributed by atoms with E-state index in [9.17, 15) is 14.4 Å². The molecular formula is C15H20HgN2O5. The molecular weight excluding hydrogens is 489 g/mol. The SMILES string of the molecule is COC([CH2][Hg][O]C(C)=O)CN(CC(N)=O)C(=O)c1ccccc1. The van der Waals surface area contributed by atoms with E-state index < -0.39 is 30.9 Å². The van der Waals surface area contributed by atoms with Gasteiger partial charge < -0.3 is 0 Å². The van der Waals surface area contributed by atoms with Gasteiger partial charge in [0.25, 0.3) is 0 Å². The number of nitrogens with zero attached hydrogens (tertiary/aromatic N) is 1. The Labute approximate surface area is 148 Å². The molecule has 1 aromatic carbocycles. The van der Waals surface area contributed by atoms with Crippen LogP contribution >= 0.6 is 0 Å². The van der Waals surface area contributed by atoms with E-state index in [2.05, 4.69) is 0 Å². The molecule has 1 aromatic rings. The van der Waals surface area contributed by atoms with Gasteiger partial charge in [-0.3, -0.25) is 0 Å². The molecule has 0 aliphatic carbocycles. The van der Waals surface area contributed by atoms with E-state index in [1.54, 1.807) is 30.3 Å². The van der Waals surface area contributed by atoms with Crippen LogP contribution in [0.4, 0.5) is 0 Å². The standard InChI is InChI=1S/C13H17N2O3.C2H4O2.Hg/c1-10(18-2)8-15(9-12(14)16)13(17)11-6-4-3-5-7-11;1-2(3)4;/h3-7,10H,1,8-9H2,2H3,(H2,14,16);1H3,(H,3,4);/q;;+1/p-1. The molecule has 0 radical (unpaired) electrons. The van der Waals surface area contributed by atoms with Crippen molar-refractivity contribution in [3.05, 3.63) is 35.9 Å². The first-order valence-corrected chi connectivity index (χ1v) is 13.4. The molecule has 1 unspecified atom stereocenters. The molecule has 122 valence electrons. The van der Waals surface area contributed by atoms with Crippen molar-refractivity contribution in [2.24, 2.45) is 5.73 Å². The molecule has 0 fully saturated rings. The van der Waals surface area contributed by atoms with Crippen LogP contribution in [0.3, 0.4) is 0 Å². The second-order valence-electron chi connectivity index (χ2n) is 5.00. The number of benzene rings is 1. The first kappa shape index (κ1) is 19.6. The molecule has 0 bridgehead atoms. The van der Waals surface area contributed by atoms with Crippen LogP contribution in [0.2, 0.25) is 3.93 Å². The predicted molar refractivity (Wildman–Crippen MR) is 78.9 cm³/mol. The first-order chi connectivity index (χ1) is 10.9. The number of hydrogen-bond acceptors (Lipinski definition) is 5.